The van der Waals surface area contributed by atoms with Crippen LogP contribution in [0.15, 0.2) is 30.6 Å². The zero-order chi connectivity index (χ0) is 10.1. The van der Waals surface area contributed by atoms with Crippen LogP contribution in [0.3, 0.4) is 0 Å². The molecule has 1 heterocycles. The molecule has 2 aromatic rings. The van der Waals surface area contributed by atoms with Gasteiger partial charge in [0.1, 0.15) is 5.75 Å². The maximum Gasteiger partial charge on any atom is 0.116 e. The SMILES string of the molecule is CC(C)c1cc(O)cc2cnccc12. The fourth-order valence-electron chi connectivity index (χ4n) is 1.70. The number of phenols is 1. The molecule has 0 saturated heterocycles. The van der Waals surface area contributed by atoms with Gasteiger partial charge in [-0.15, -0.1) is 0 Å². The second-order valence-electron chi connectivity index (χ2n) is 3.79. The van der Waals surface area contributed by atoms with Gasteiger partial charge in [-0.2, -0.15) is 0 Å². The number of rotatable bonds is 1. The molecule has 2 nitrogen and oxygen atoms in total. The number of hydrogen-bond donors (Lipinski definition) is 1. The van der Waals surface area contributed by atoms with E-state index in [4.69, 9.17) is 0 Å². The lowest BCUT2D eigenvalue weighted by Crippen LogP contribution is -1.89. The van der Waals surface area contributed by atoms with E-state index in [0.29, 0.717) is 11.7 Å². The van der Waals surface area contributed by atoms with Gasteiger partial charge in [-0.3, -0.25) is 4.98 Å². The third-order valence-corrected chi connectivity index (χ3v) is 2.39. The van der Waals surface area contributed by atoms with Gasteiger partial charge in [0.05, 0.1) is 0 Å². The summed E-state index contributed by atoms with van der Waals surface area (Å²) < 4.78 is 0. The van der Waals surface area contributed by atoms with Crippen molar-refractivity contribution in [2.75, 3.05) is 0 Å². The van der Waals surface area contributed by atoms with Crippen LogP contribution in [-0.4, -0.2) is 10.1 Å². The average Bonchev–Trinajstić information content (AvgIpc) is 2.16. The molecule has 0 radical (unpaired) electrons. The predicted molar refractivity (Wildman–Crippen MR) is 57.5 cm³/mol. The number of nitrogens with zero attached hydrogens (tertiary/aromatic N) is 1. The van der Waals surface area contributed by atoms with E-state index in [1.54, 1.807) is 18.5 Å². The highest BCUT2D eigenvalue weighted by Gasteiger charge is 2.06. The van der Waals surface area contributed by atoms with Crippen molar-refractivity contribution in [1.29, 1.82) is 0 Å². The van der Waals surface area contributed by atoms with E-state index >= 15 is 0 Å². The molecule has 0 spiro atoms. The highest BCUT2D eigenvalue weighted by Crippen LogP contribution is 2.28. The second kappa shape index (κ2) is 3.29. The molecular formula is C12H13NO. The lowest BCUT2D eigenvalue weighted by Gasteiger charge is -2.10. The van der Waals surface area contributed by atoms with Crippen LogP contribution in [0.2, 0.25) is 0 Å². The summed E-state index contributed by atoms with van der Waals surface area (Å²) in [6.07, 6.45) is 3.56. The van der Waals surface area contributed by atoms with Gasteiger partial charge >= 0.3 is 0 Å². The Kier molecular flexibility index (Phi) is 2.12. The van der Waals surface area contributed by atoms with Crippen LogP contribution in [0.5, 0.6) is 5.75 Å². The van der Waals surface area contributed by atoms with Crippen LogP contribution in [0.1, 0.15) is 25.3 Å². The van der Waals surface area contributed by atoms with Crippen molar-refractivity contribution in [3.8, 4) is 5.75 Å². The van der Waals surface area contributed by atoms with Gasteiger partial charge in [-0.1, -0.05) is 13.8 Å². The zero-order valence-electron chi connectivity index (χ0n) is 8.36. The van der Waals surface area contributed by atoms with Crippen molar-refractivity contribution in [3.63, 3.8) is 0 Å². The minimum absolute atomic E-state index is 0.314. The average molecular weight is 187 g/mol. The van der Waals surface area contributed by atoms with Gasteiger partial charge in [0.15, 0.2) is 0 Å². The van der Waals surface area contributed by atoms with Crippen molar-refractivity contribution >= 4 is 10.8 Å². The molecule has 1 N–H and O–H groups in total. The Labute approximate surface area is 83.2 Å². The minimum atomic E-state index is 0.314. The normalized spacial score (nSPS) is 11.1. The summed E-state index contributed by atoms with van der Waals surface area (Å²) in [6, 6.07) is 5.56. The van der Waals surface area contributed by atoms with Crippen molar-refractivity contribution in [3.05, 3.63) is 36.2 Å². The molecule has 0 fully saturated rings. The first kappa shape index (κ1) is 9.00. The minimum Gasteiger partial charge on any atom is -0.508 e. The summed E-state index contributed by atoms with van der Waals surface area (Å²) in [5.74, 6) is 0.723. The van der Waals surface area contributed by atoms with Crippen LogP contribution < -0.4 is 0 Å². The van der Waals surface area contributed by atoms with E-state index in [9.17, 15) is 5.11 Å². The fourth-order valence-corrected chi connectivity index (χ4v) is 1.70. The molecule has 0 amide bonds. The topological polar surface area (TPSA) is 33.1 Å². The summed E-state index contributed by atoms with van der Waals surface area (Å²) >= 11 is 0. The van der Waals surface area contributed by atoms with Crippen molar-refractivity contribution in [1.82, 2.24) is 4.98 Å². The van der Waals surface area contributed by atoms with Crippen LogP contribution >= 0.6 is 0 Å². The fraction of sp³-hybridized carbons (Fsp3) is 0.250. The van der Waals surface area contributed by atoms with Crippen molar-refractivity contribution in [2.24, 2.45) is 0 Å². The highest BCUT2D eigenvalue weighted by atomic mass is 16.3. The quantitative estimate of drug-likeness (QED) is 0.744. The van der Waals surface area contributed by atoms with Crippen molar-refractivity contribution < 1.29 is 5.11 Å². The van der Waals surface area contributed by atoms with Gasteiger partial charge in [0.2, 0.25) is 0 Å². The number of phenolic OH excluding ortho intramolecular Hbond substituents is 1. The van der Waals surface area contributed by atoms with E-state index in [0.717, 1.165) is 5.39 Å². The van der Waals surface area contributed by atoms with E-state index < -0.39 is 0 Å². The number of pyridine rings is 1. The Morgan fingerprint density at radius 2 is 2.07 bits per heavy atom. The van der Waals surface area contributed by atoms with E-state index in [-0.39, 0.29) is 0 Å². The van der Waals surface area contributed by atoms with Crippen molar-refractivity contribution in [2.45, 2.75) is 19.8 Å². The first-order chi connectivity index (χ1) is 6.68. The Hall–Kier alpha value is -1.57. The summed E-state index contributed by atoms with van der Waals surface area (Å²) in [5.41, 5.74) is 1.17. The maximum absolute atomic E-state index is 9.53. The summed E-state index contributed by atoms with van der Waals surface area (Å²) in [7, 11) is 0. The molecule has 14 heavy (non-hydrogen) atoms. The smallest absolute Gasteiger partial charge is 0.116 e. The number of fused-ring (bicyclic) bond motifs is 1. The molecule has 0 bridgehead atoms. The monoisotopic (exact) mass is 187 g/mol. The third-order valence-electron chi connectivity index (χ3n) is 2.39. The van der Waals surface area contributed by atoms with Crippen LogP contribution in [0.4, 0.5) is 0 Å². The Balaban J connectivity index is 2.80. The zero-order valence-corrected chi connectivity index (χ0v) is 8.36. The summed E-state index contributed by atoms with van der Waals surface area (Å²) in [5, 5.41) is 11.7. The molecule has 1 aromatic heterocycles. The first-order valence-corrected chi connectivity index (χ1v) is 4.75. The van der Waals surface area contributed by atoms with E-state index in [2.05, 4.69) is 18.8 Å². The van der Waals surface area contributed by atoms with Gasteiger partial charge in [-0.25, -0.2) is 0 Å². The molecule has 0 aliphatic carbocycles. The van der Waals surface area contributed by atoms with E-state index in [1.807, 2.05) is 12.1 Å². The van der Waals surface area contributed by atoms with E-state index in [1.165, 1.54) is 10.9 Å². The lowest BCUT2D eigenvalue weighted by molar-refractivity contribution is 0.475. The number of benzene rings is 1. The molecular weight excluding hydrogens is 174 g/mol. The standard InChI is InChI=1S/C12H13NO/c1-8(2)12-6-10(14)5-9-7-13-4-3-11(9)12/h3-8,14H,1-2H3. The molecule has 1 aromatic carbocycles. The van der Waals surface area contributed by atoms with Gasteiger partial charge < -0.3 is 5.11 Å². The molecule has 0 unspecified atom stereocenters. The number of aromatic hydroxyl groups is 1. The first-order valence-electron chi connectivity index (χ1n) is 4.75. The summed E-state index contributed by atoms with van der Waals surface area (Å²) in [6.45, 7) is 4.24. The molecule has 0 atom stereocenters. The van der Waals surface area contributed by atoms with Gasteiger partial charge in [0, 0.05) is 17.8 Å². The number of aromatic nitrogens is 1. The van der Waals surface area contributed by atoms with Crippen LogP contribution in [0, 0.1) is 0 Å². The van der Waals surface area contributed by atoms with Crippen LogP contribution in [-0.2, 0) is 0 Å². The molecule has 72 valence electrons. The Morgan fingerprint density at radius 1 is 1.29 bits per heavy atom. The molecule has 2 heteroatoms. The van der Waals surface area contributed by atoms with Gasteiger partial charge in [-0.05, 0) is 35.1 Å². The molecule has 2 rings (SSSR count). The maximum atomic E-state index is 9.53. The second-order valence-corrected chi connectivity index (χ2v) is 3.79. The molecule has 0 saturated carbocycles. The molecule has 0 aliphatic heterocycles. The Morgan fingerprint density at radius 3 is 2.79 bits per heavy atom. The lowest BCUT2D eigenvalue weighted by atomic mass is 9.97. The Bertz CT molecular complexity index is 463. The highest BCUT2D eigenvalue weighted by molar-refractivity contribution is 5.86. The molecule has 0 aliphatic rings. The van der Waals surface area contributed by atoms with Crippen LogP contribution in [0.25, 0.3) is 10.8 Å². The third kappa shape index (κ3) is 1.43. The number of hydrogen-bond acceptors (Lipinski definition) is 2. The van der Waals surface area contributed by atoms with Gasteiger partial charge in [0.25, 0.3) is 0 Å². The summed E-state index contributed by atoms with van der Waals surface area (Å²) in [4.78, 5) is 4.04. The predicted octanol–water partition coefficient (Wildman–Crippen LogP) is 3.06. The largest absolute Gasteiger partial charge is 0.508 e.